The number of benzene rings is 3. The van der Waals surface area contributed by atoms with Gasteiger partial charge in [0.1, 0.15) is 23.9 Å². The molecule has 0 N–H and O–H groups in total. The van der Waals surface area contributed by atoms with E-state index in [9.17, 15) is 22.8 Å². The SMILES string of the molecule is CCC(C)Oc1ccc(C)cc1N1C(=O)CS/C1=N\C(=O)OC(C)Cc1ccc(-c2ncn(-c3ccc(OC(F)(F)F)cc3)n2)cc1. The molecule has 10 nitrogen and oxygen atoms in total. The number of carbonyl (C=O) groups excluding carboxylic acids is 2. The Kier molecular flexibility index (Phi) is 10.2. The van der Waals surface area contributed by atoms with E-state index in [2.05, 4.69) is 19.8 Å². The first-order chi connectivity index (χ1) is 22.4. The number of ether oxygens (including phenoxy) is 3. The molecule has 1 aliphatic rings. The van der Waals surface area contributed by atoms with Gasteiger partial charge in [-0.25, -0.2) is 14.5 Å². The van der Waals surface area contributed by atoms with Crippen LogP contribution < -0.4 is 14.4 Å². The number of aromatic nitrogens is 3. The van der Waals surface area contributed by atoms with E-state index in [1.54, 1.807) is 6.92 Å². The molecule has 0 saturated carbocycles. The van der Waals surface area contributed by atoms with Crippen LogP contribution in [0, 0.1) is 6.92 Å². The lowest BCUT2D eigenvalue weighted by Crippen LogP contribution is -2.31. The molecular formula is C33H32F3N5O5S. The van der Waals surface area contributed by atoms with Gasteiger partial charge in [-0.15, -0.1) is 18.3 Å². The van der Waals surface area contributed by atoms with Gasteiger partial charge in [-0.3, -0.25) is 9.69 Å². The Balaban J connectivity index is 1.20. The molecule has 2 amide bonds. The van der Waals surface area contributed by atoms with Gasteiger partial charge in [-0.2, -0.15) is 4.99 Å². The lowest BCUT2D eigenvalue weighted by atomic mass is 10.1. The van der Waals surface area contributed by atoms with Crippen molar-refractivity contribution in [1.29, 1.82) is 0 Å². The predicted molar refractivity (Wildman–Crippen MR) is 172 cm³/mol. The number of carbonyl (C=O) groups is 2. The summed E-state index contributed by atoms with van der Waals surface area (Å²) >= 11 is 1.16. The molecule has 5 rings (SSSR count). The second-order valence-electron chi connectivity index (χ2n) is 10.9. The van der Waals surface area contributed by atoms with Crippen molar-refractivity contribution in [3.8, 4) is 28.6 Å². The molecule has 1 aromatic heterocycles. The number of thioether (sulfide) groups is 1. The average molecular weight is 668 g/mol. The van der Waals surface area contributed by atoms with Gasteiger partial charge in [0.05, 0.1) is 23.2 Å². The van der Waals surface area contributed by atoms with Crippen LogP contribution in [0.4, 0.5) is 23.7 Å². The maximum atomic E-state index is 12.9. The van der Waals surface area contributed by atoms with Gasteiger partial charge in [-0.1, -0.05) is 49.0 Å². The summed E-state index contributed by atoms with van der Waals surface area (Å²) in [6, 6.07) is 18.2. The van der Waals surface area contributed by atoms with Crippen molar-refractivity contribution in [3.63, 3.8) is 0 Å². The zero-order chi connectivity index (χ0) is 33.7. The topological polar surface area (TPSA) is 108 Å². The number of alkyl halides is 3. The van der Waals surface area contributed by atoms with Crippen LogP contribution in [0.15, 0.2) is 78.0 Å². The summed E-state index contributed by atoms with van der Waals surface area (Å²) in [6.45, 7) is 7.62. The molecule has 2 unspecified atom stereocenters. The Labute approximate surface area is 273 Å². The highest BCUT2D eigenvalue weighted by Crippen LogP contribution is 2.36. The molecule has 0 spiro atoms. The number of anilines is 1. The molecule has 1 saturated heterocycles. The third-order valence-corrected chi connectivity index (χ3v) is 8.00. The van der Waals surface area contributed by atoms with Crippen LogP contribution in [0.25, 0.3) is 17.1 Å². The van der Waals surface area contributed by atoms with Crippen molar-refractivity contribution < 1.29 is 37.0 Å². The summed E-state index contributed by atoms with van der Waals surface area (Å²) in [7, 11) is 0. The second kappa shape index (κ2) is 14.3. The fraction of sp³-hybridized carbons (Fsp3) is 0.303. The fourth-order valence-corrected chi connectivity index (χ4v) is 5.49. The number of halogens is 3. The van der Waals surface area contributed by atoms with Crippen LogP contribution in [-0.4, -0.2) is 56.3 Å². The highest BCUT2D eigenvalue weighted by Gasteiger charge is 2.33. The standard InChI is InChI=1S/C33H32F3N5O5S/c1-5-21(3)44-28-15-6-20(2)16-27(28)41-29(42)18-47-31(41)38-32(43)45-22(4)17-23-7-9-24(10-8-23)30-37-19-40(39-30)25-11-13-26(14-12-25)46-33(34,35)36/h6-16,19,21-22H,5,17-18H2,1-4H3/b38-31-. The van der Waals surface area contributed by atoms with Gasteiger partial charge in [0.15, 0.2) is 11.0 Å². The van der Waals surface area contributed by atoms with Gasteiger partial charge in [0.25, 0.3) is 0 Å². The van der Waals surface area contributed by atoms with Gasteiger partial charge < -0.3 is 14.2 Å². The first-order valence-electron chi connectivity index (χ1n) is 14.8. The van der Waals surface area contributed by atoms with Gasteiger partial charge >= 0.3 is 12.5 Å². The van der Waals surface area contributed by atoms with E-state index < -0.39 is 18.6 Å². The quantitative estimate of drug-likeness (QED) is 0.171. The molecule has 246 valence electrons. The first-order valence-corrected chi connectivity index (χ1v) is 15.8. The summed E-state index contributed by atoms with van der Waals surface area (Å²) in [6.07, 6.45) is -3.50. The number of hydrogen-bond acceptors (Lipinski definition) is 8. The van der Waals surface area contributed by atoms with E-state index in [-0.39, 0.29) is 28.7 Å². The van der Waals surface area contributed by atoms with Crippen molar-refractivity contribution >= 4 is 34.6 Å². The third-order valence-electron chi connectivity index (χ3n) is 7.07. The Bertz CT molecular complexity index is 1760. The molecule has 1 aliphatic heterocycles. The van der Waals surface area contributed by atoms with Crippen molar-refractivity contribution in [2.24, 2.45) is 4.99 Å². The van der Waals surface area contributed by atoms with E-state index in [0.29, 0.717) is 29.4 Å². The molecule has 2 heterocycles. The number of nitrogens with zero attached hydrogens (tertiary/aromatic N) is 5. The largest absolute Gasteiger partial charge is 0.573 e. The maximum absolute atomic E-state index is 12.9. The molecule has 47 heavy (non-hydrogen) atoms. The van der Waals surface area contributed by atoms with Gasteiger partial charge in [0, 0.05) is 12.0 Å². The highest BCUT2D eigenvalue weighted by molar-refractivity contribution is 8.15. The van der Waals surface area contributed by atoms with Crippen molar-refractivity contribution in [3.05, 3.63) is 84.2 Å². The molecule has 2 atom stereocenters. The molecule has 0 aliphatic carbocycles. The smallest absolute Gasteiger partial charge is 0.489 e. The molecule has 0 radical (unpaired) electrons. The summed E-state index contributed by atoms with van der Waals surface area (Å²) in [5.41, 5.74) is 3.58. The molecule has 3 aromatic carbocycles. The van der Waals surface area contributed by atoms with E-state index in [4.69, 9.17) is 9.47 Å². The minimum absolute atomic E-state index is 0.0631. The monoisotopic (exact) mass is 667 g/mol. The molecule has 0 bridgehead atoms. The zero-order valence-corrected chi connectivity index (χ0v) is 26.8. The molecule has 4 aromatic rings. The van der Waals surface area contributed by atoms with Crippen molar-refractivity contribution in [2.45, 2.75) is 59.1 Å². The fourth-order valence-electron chi connectivity index (χ4n) is 4.64. The summed E-state index contributed by atoms with van der Waals surface area (Å²) in [5.74, 6) is 0.557. The Morgan fingerprint density at radius 1 is 1.04 bits per heavy atom. The van der Waals surface area contributed by atoms with Crippen LogP contribution in [0.5, 0.6) is 11.5 Å². The minimum Gasteiger partial charge on any atom is -0.489 e. The highest BCUT2D eigenvalue weighted by atomic mass is 32.2. The molecule has 1 fully saturated rings. The van der Waals surface area contributed by atoms with Crippen LogP contribution >= 0.6 is 11.8 Å². The van der Waals surface area contributed by atoms with Gasteiger partial charge in [-0.05, 0) is 74.7 Å². The minimum atomic E-state index is -4.77. The van der Waals surface area contributed by atoms with E-state index in [1.165, 1.54) is 40.2 Å². The first kappa shape index (κ1) is 33.5. The van der Waals surface area contributed by atoms with Crippen LogP contribution in [0.3, 0.4) is 0 Å². The third kappa shape index (κ3) is 8.70. The summed E-state index contributed by atoms with van der Waals surface area (Å²) in [5, 5.41) is 4.65. The van der Waals surface area contributed by atoms with Crippen molar-refractivity contribution in [1.82, 2.24) is 14.8 Å². The van der Waals surface area contributed by atoms with E-state index >= 15 is 0 Å². The Hall–Kier alpha value is -4.85. The Morgan fingerprint density at radius 3 is 2.45 bits per heavy atom. The average Bonchev–Trinajstić information content (AvgIpc) is 3.65. The second-order valence-corrected chi connectivity index (χ2v) is 11.8. The van der Waals surface area contributed by atoms with Crippen molar-refractivity contribution in [2.75, 3.05) is 10.7 Å². The van der Waals surface area contributed by atoms with Crippen LogP contribution in [0.1, 0.15) is 38.3 Å². The maximum Gasteiger partial charge on any atom is 0.573 e. The number of amides is 2. The van der Waals surface area contributed by atoms with E-state index in [0.717, 1.165) is 34.9 Å². The normalized spacial score (nSPS) is 15.5. The summed E-state index contributed by atoms with van der Waals surface area (Å²) < 4.78 is 54.3. The lowest BCUT2D eigenvalue weighted by molar-refractivity contribution is -0.274. The molecule has 14 heteroatoms. The number of hydrogen-bond donors (Lipinski definition) is 0. The van der Waals surface area contributed by atoms with Gasteiger partial charge in [0.2, 0.25) is 5.91 Å². The number of aliphatic imine (C=N–C) groups is 1. The number of aryl methyl sites for hydroxylation is 1. The zero-order valence-electron chi connectivity index (χ0n) is 26.0. The van der Waals surface area contributed by atoms with E-state index in [1.807, 2.05) is 63.2 Å². The predicted octanol–water partition coefficient (Wildman–Crippen LogP) is 7.52. The Morgan fingerprint density at radius 2 is 1.77 bits per heavy atom. The summed E-state index contributed by atoms with van der Waals surface area (Å²) in [4.78, 5) is 35.5. The van der Waals surface area contributed by atoms with Crippen LogP contribution in [0.2, 0.25) is 0 Å². The lowest BCUT2D eigenvalue weighted by Gasteiger charge is -2.22. The number of amidine groups is 1. The molecular weight excluding hydrogens is 635 g/mol. The van der Waals surface area contributed by atoms with Crippen LogP contribution in [-0.2, 0) is 16.0 Å². The number of rotatable bonds is 10.